The third kappa shape index (κ3) is 3.16. The van der Waals surface area contributed by atoms with Crippen molar-refractivity contribution in [1.29, 1.82) is 0 Å². The Labute approximate surface area is 75.8 Å². The van der Waals surface area contributed by atoms with Gasteiger partial charge < -0.3 is 0 Å². The Morgan fingerprint density at radius 1 is 1.55 bits per heavy atom. The summed E-state index contributed by atoms with van der Waals surface area (Å²) in [5, 5.41) is 1.43. The van der Waals surface area contributed by atoms with Gasteiger partial charge in [0.1, 0.15) is 5.01 Å². The van der Waals surface area contributed by atoms with Crippen molar-refractivity contribution in [2.45, 2.75) is 26.7 Å². The summed E-state index contributed by atoms with van der Waals surface area (Å²) in [6, 6.07) is 0. The van der Waals surface area contributed by atoms with Crippen molar-refractivity contribution in [2.24, 2.45) is 5.92 Å². The summed E-state index contributed by atoms with van der Waals surface area (Å²) in [6.07, 6.45) is 2.16. The van der Waals surface area contributed by atoms with Gasteiger partial charge in [0.05, 0.1) is 0 Å². The molecule has 0 N–H and O–H groups in total. The van der Waals surface area contributed by atoms with Crippen molar-refractivity contribution in [2.75, 3.05) is 0 Å². The van der Waals surface area contributed by atoms with Crippen LogP contribution < -0.4 is 0 Å². The fourth-order valence-electron chi connectivity index (χ4n) is 0.748. The predicted molar refractivity (Wildman–Crippen MR) is 48.1 cm³/mol. The number of nitrogens with zero attached hydrogens (tertiary/aromatic N) is 2. The molecule has 0 amide bonds. The number of halogens is 1. The van der Waals surface area contributed by atoms with E-state index < -0.39 is 0 Å². The molecule has 0 radical (unpaired) electrons. The van der Waals surface area contributed by atoms with Crippen molar-refractivity contribution in [3.63, 3.8) is 0 Å². The zero-order valence-electron chi connectivity index (χ0n) is 6.67. The summed E-state index contributed by atoms with van der Waals surface area (Å²) in [7, 11) is 0. The zero-order valence-corrected chi connectivity index (χ0v) is 8.24. The van der Waals surface area contributed by atoms with Crippen LogP contribution in [0.1, 0.15) is 25.3 Å². The van der Waals surface area contributed by atoms with Crippen LogP contribution in [0.25, 0.3) is 0 Å². The summed E-state index contributed by atoms with van der Waals surface area (Å²) in [5.74, 6) is 0.720. The second-order valence-corrected chi connectivity index (χ2v) is 4.06. The monoisotopic (exact) mass is 190 g/mol. The highest BCUT2D eigenvalue weighted by molar-refractivity contribution is 7.05. The molecule has 0 bridgehead atoms. The fraction of sp³-hybridized carbons (Fsp3) is 0.714. The molecule has 0 fully saturated rings. The van der Waals surface area contributed by atoms with E-state index in [0.29, 0.717) is 5.28 Å². The molecule has 0 spiro atoms. The zero-order chi connectivity index (χ0) is 8.27. The molecular weight excluding hydrogens is 180 g/mol. The van der Waals surface area contributed by atoms with Crippen LogP contribution in [0.15, 0.2) is 0 Å². The van der Waals surface area contributed by atoms with Gasteiger partial charge in [-0.05, 0) is 35.5 Å². The standard InChI is InChI=1S/C7H11ClN2S/c1-5(2)3-4-6-9-7(8)10-11-6/h5H,3-4H2,1-2H3. The van der Waals surface area contributed by atoms with Crippen LogP contribution in [0.4, 0.5) is 0 Å². The fourth-order valence-corrected chi connectivity index (χ4v) is 1.56. The summed E-state index contributed by atoms with van der Waals surface area (Å²) >= 11 is 6.96. The van der Waals surface area contributed by atoms with Crippen LogP contribution in [0, 0.1) is 5.92 Å². The second kappa shape index (κ2) is 4.02. The molecule has 1 aromatic heterocycles. The van der Waals surface area contributed by atoms with Gasteiger partial charge >= 0.3 is 0 Å². The molecular formula is C7H11ClN2S. The van der Waals surface area contributed by atoms with E-state index in [4.69, 9.17) is 11.6 Å². The molecule has 1 aromatic rings. The molecule has 62 valence electrons. The summed E-state index contributed by atoms with van der Waals surface area (Å²) in [6.45, 7) is 4.39. The lowest BCUT2D eigenvalue weighted by Crippen LogP contribution is -1.90. The molecule has 0 aliphatic heterocycles. The van der Waals surface area contributed by atoms with Crippen LogP contribution in [0.5, 0.6) is 0 Å². The van der Waals surface area contributed by atoms with E-state index in [1.165, 1.54) is 11.5 Å². The number of aryl methyl sites for hydroxylation is 1. The SMILES string of the molecule is CC(C)CCc1nc(Cl)ns1. The molecule has 0 unspecified atom stereocenters. The Morgan fingerprint density at radius 2 is 2.27 bits per heavy atom. The first-order valence-electron chi connectivity index (χ1n) is 3.66. The lowest BCUT2D eigenvalue weighted by atomic mass is 10.1. The Balaban J connectivity index is 2.39. The van der Waals surface area contributed by atoms with Gasteiger partial charge in [-0.15, -0.1) is 0 Å². The minimum atomic E-state index is 0.383. The minimum absolute atomic E-state index is 0.383. The highest BCUT2D eigenvalue weighted by Gasteiger charge is 2.02. The van der Waals surface area contributed by atoms with Gasteiger partial charge in [0.25, 0.3) is 0 Å². The van der Waals surface area contributed by atoms with Crippen LogP contribution in [-0.4, -0.2) is 9.36 Å². The van der Waals surface area contributed by atoms with Crippen molar-refractivity contribution in [3.05, 3.63) is 10.3 Å². The maximum Gasteiger partial charge on any atom is 0.234 e. The lowest BCUT2D eigenvalue weighted by molar-refractivity contribution is 0.585. The summed E-state index contributed by atoms with van der Waals surface area (Å²) < 4.78 is 3.89. The number of rotatable bonds is 3. The molecule has 4 heteroatoms. The van der Waals surface area contributed by atoms with E-state index in [9.17, 15) is 0 Å². The number of hydrogen-bond acceptors (Lipinski definition) is 3. The lowest BCUT2D eigenvalue weighted by Gasteiger charge is -1.99. The highest BCUT2D eigenvalue weighted by Crippen LogP contribution is 2.13. The first kappa shape index (κ1) is 8.94. The second-order valence-electron chi connectivity index (χ2n) is 2.89. The van der Waals surface area contributed by atoms with Crippen LogP contribution >= 0.6 is 23.1 Å². The molecule has 11 heavy (non-hydrogen) atoms. The van der Waals surface area contributed by atoms with Gasteiger partial charge in [-0.3, -0.25) is 0 Å². The third-order valence-electron chi connectivity index (χ3n) is 1.38. The normalized spacial score (nSPS) is 10.9. The van der Waals surface area contributed by atoms with Crippen molar-refractivity contribution < 1.29 is 0 Å². The largest absolute Gasteiger partial charge is 0.234 e. The first-order valence-corrected chi connectivity index (χ1v) is 4.81. The van der Waals surface area contributed by atoms with Crippen molar-refractivity contribution in [1.82, 2.24) is 9.36 Å². The van der Waals surface area contributed by atoms with E-state index in [1.54, 1.807) is 0 Å². The summed E-state index contributed by atoms with van der Waals surface area (Å²) in [5.41, 5.74) is 0. The van der Waals surface area contributed by atoms with Crippen molar-refractivity contribution >= 4 is 23.1 Å². The Bertz CT molecular complexity index is 222. The van der Waals surface area contributed by atoms with Gasteiger partial charge in [0, 0.05) is 6.42 Å². The maximum atomic E-state index is 5.56. The van der Waals surface area contributed by atoms with Gasteiger partial charge in [0.2, 0.25) is 5.28 Å². The maximum absolute atomic E-state index is 5.56. The van der Waals surface area contributed by atoms with Crippen LogP contribution in [0.3, 0.4) is 0 Å². The average molecular weight is 191 g/mol. The van der Waals surface area contributed by atoms with Crippen LogP contribution in [-0.2, 0) is 6.42 Å². The quantitative estimate of drug-likeness (QED) is 0.733. The molecule has 0 saturated carbocycles. The molecule has 0 atom stereocenters. The predicted octanol–water partition coefficient (Wildman–Crippen LogP) is 2.78. The molecule has 1 heterocycles. The minimum Gasteiger partial charge on any atom is -0.210 e. The molecule has 1 rings (SSSR count). The average Bonchev–Trinajstić information content (AvgIpc) is 2.31. The third-order valence-corrected chi connectivity index (χ3v) is 2.42. The van der Waals surface area contributed by atoms with Gasteiger partial charge in [-0.2, -0.15) is 4.37 Å². The molecule has 0 aliphatic carbocycles. The van der Waals surface area contributed by atoms with E-state index in [2.05, 4.69) is 23.2 Å². The van der Waals surface area contributed by atoms with Gasteiger partial charge in [-0.1, -0.05) is 13.8 Å². The topological polar surface area (TPSA) is 25.8 Å². The van der Waals surface area contributed by atoms with Crippen molar-refractivity contribution in [3.8, 4) is 0 Å². The Hall–Kier alpha value is -0.150. The van der Waals surface area contributed by atoms with Crippen LogP contribution in [0.2, 0.25) is 5.28 Å². The number of aromatic nitrogens is 2. The van der Waals surface area contributed by atoms with Gasteiger partial charge in [0.15, 0.2) is 0 Å². The number of hydrogen-bond donors (Lipinski definition) is 0. The van der Waals surface area contributed by atoms with E-state index in [1.807, 2.05) is 0 Å². The highest BCUT2D eigenvalue weighted by atomic mass is 35.5. The molecule has 0 saturated heterocycles. The molecule has 0 aromatic carbocycles. The Kier molecular flexibility index (Phi) is 3.27. The van der Waals surface area contributed by atoms with E-state index in [-0.39, 0.29) is 0 Å². The molecule has 2 nitrogen and oxygen atoms in total. The van der Waals surface area contributed by atoms with E-state index in [0.717, 1.165) is 23.8 Å². The van der Waals surface area contributed by atoms with E-state index >= 15 is 0 Å². The molecule has 0 aliphatic rings. The summed E-state index contributed by atoms with van der Waals surface area (Å²) in [4.78, 5) is 4.06. The van der Waals surface area contributed by atoms with Gasteiger partial charge in [-0.25, -0.2) is 4.98 Å². The smallest absolute Gasteiger partial charge is 0.210 e. The Morgan fingerprint density at radius 3 is 2.73 bits per heavy atom. The first-order chi connectivity index (χ1) is 5.18.